The molecule has 1 amide bonds. The molecule has 0 bridgehead atoms. The summed E-state index contributed by atoms with van der Waals surface area (Å²) in [7, 11) is -3.97. The average molecular weight is 448 g/mol. The van der Waals surface area contributed by atoms with Gasteiger partial charge in [-0.15, -0.1) is 0 Å². The molecular formula is C22H26ClN3O3S. The summed E-state index contributed by atoms with van der Waals surface area (Å²) in [5, 5.41) is 4.64. The predicted molar refractivity (Wildman–Crippen MR) is 121 cm³/mol. The molecule has 2 aromatic carbocycles. The quantitative estimate of drug-likeness (QED) is 0.658. The molecule has 8 heteroatoms. The monoisotopic (exact) mass is 447 g/mol. The molecule has 30 heavy (non-hydrogen) atoms. The fraction of sp³-hybridized carbons (Fsp3) is 0.364. The van der Waals surface area contributed by atoms with Gasteiger partial charge in [0.15, 0.2) is 0 Å². The van der Waals surface area contributed by atoms with Gasteiger partial charge in [-0.3, -0.25) is 9.10 Å². The Morgan fingerprint density at radius 2 is 1.70 bits per heavy atom. The normalized spacial score (nSPS) is 14.3. The molecule has 0 atom stereocenters. The Kier molecular flexibility index (Phi) is 7.15. The summed E-state index contributed by atoms with van der Waals surface area (Å²) in [5.74, 6) is -0.483. The molecule has 6 nitrogen and oxygen atoms in total. The topological polar surface area (TPSA) is 78.8 Å². The molecule has 1 N–H and O–H groups in total. The zero-order chi connectivity index (χ0) is 21.7. The fourth-order valence-corrected chi connectivity index (χ4v) is 4.85. The van der Waals surface area contributed by atoms with Gasteiger partial charge in [0, 0.05) is 10.7 Å². The molecule has 0 aliphatic heterocycles. The van der Waals surface area contributed by atoms with Gasteiger partial charge in [0.25, 0.3) is 15.9 Å². The molecule has 3 rings (SSSR count). The number of hydrazone groups is 1. The largest absolute Gasteiger partial charge is 0.271 e. The number of carbonyl (C=O) groups is 1. The van der Waals surface area contributed by atoms with Crippen molar-refractivity contribution in [2.75, 3.05) is 10.8 Å². The number of anilines is 1. The molecule has 160 valence electrons. The van der Waals surface area contributed by atoms with Gasteiger partial charge in [0.2, 0.25) is 0 Å². The van der Waals surface area contributed by atoms with Crippen LogP contribution in [0.5, 0.6) is 0 Å². The molecule has 1 saturated carbocycles. The molecule has 1 fully saturated rings. The zero-order valence-corrected chi connectivity index (χ0v) is 18.8. The average Bonchev–Trinajstić information content (AvgIpc) is 2.73. The molecule has 1 aliphatic rings. The van der Waals surface area contributed by atoms with Crippen LogP contribution >= 0.6 is 11.6 Å². The van der Waals surface area contributed by atoms with Crippen molar-refractivity contribution in [3.05, 3.63) is 58.6 Å². The third kappa shape index (κ3) is 5.40. The molecule has 2 aromatic rings. The number of amides is 1. The van der Waals surface area contributed by atoms with Gasteiger partial charge in [0.1, 0.15) is 6.54 Å². The van der Waals surface area contributed by atoms with Crippen molar-refractivity contribution in [1.82, 2.24) is 5.43 Å². The second-order valence-corrected chi connectivity index (χ2v) is 9.81. The third-order valence-corrected chi connectivity index (χ3v) is 7.28. The van der Waals surface area contributed by atoms with E-state index in [0.717, 1.165) is 46.8 Å². The van der Waals surface area contributed by atoms with Crippen LogP contribution in [-0.2, 0) is 14.8 Å². The summed E-state index contributed by atoms with van der Waals surface area (Å²) in [6.45, 7) is 3.48. The SMILES string of the molecule is Cc1ccc(N(CC(=O)NN=C2CCCCC2)S(=O)(=O)c2ccc(Cl)cc2)cc1C. The first-order valence-corrected chi connectivity index (χ1v) is 11.8. The summed E-state index contributed by atoms with van der Waals surface area (Å²) in [4.78, 5) is 12.7. The van der Waals surface area contributed by atoms with E-state index >= 15 is 0 Å². The Labute approximate surface area is 183 Å². The van der Waals surface area contributed by atoms with Crippen LogP contribution in [0.4, 0.5) is 5.69 Å². The highest BCUT2D eigenvalue weighted by Crippen LogP contribution is 2.26. The summed E-state index contributed by atoms with van der Waals surface area (Å²) < 4.78 is 27.8. The maximum absolute atomic E-state index is 13.3. The maximum atomic E-state index is 13.3. The molecule has 0 spiro atoms. The Hall–Kier alpha value is -2.38. The van der Waals surface area contributed by atoms with Crippen LogP contribution in [0.15, 0.2) is 52.5 Å². The lowest BCUT2D eigenvalue weighted by molar-refractivity contribution is -0.119. The number of sulfonamides is 1. The van der Waals surface area contributed by atoms with Gasteiger partial charge in [-0.2, -0.15) is 5.10 Å². The van der Waals surface area contributed by atoms with E-state index in [9.17, 15) is 13.2 Å². The van der Waals surface area contributed by atoms with E-state index in [1.54, 1.807) is 12.1 Å². The Balaban J connectivity index is 1.90. The fourth-order valence-electron chi connectivity index (χ4n) is 3.31. The first-order chi connectivity index (χ1) is 14.3. The van der Waals surface area contributed by atoms with Crippen LogP contribution in [-0.4, -0.2) is 26.6 Å². The molecular weight excluding hydrogens is 422 g/mol. The van der Waals surface area contributed by atoms with Crippen molar-refractivity contribution >= 4 is 38.9 Å². The minimum absolute atomic E-state index is 0.0662. The van der Waals surface area contributed by atoms with Crippen LogP contribution in [0.2, 0.25) is 5.02 Å². The van der Waals surface area contributed by atoms with Crippen molar-refractivity contribution in [3.63, 3.8) is 0 Å². The Morgan fingerprint density at radius 1 is 1.03 bits per heavy atom. The number of nitrogens with zero attached hydrogens (tertiary/aromatic N) is 2. The zero-order valence-electron chi connectivity index (χ0n) is 17.2. The molecule has 0 radical (unpaired) electrons. The maximum Gasteiger partial charge on any atom is 0.264 e. The minimum Gasteiger partial charge on any atom is -0.271 e. The summed E-state index contributed by atoms with van der Waals surface area (Å²) in [6.07, 6.45) is 5.03. The Bertz CT molecular complexity index is 1040. The van der Waals surface area contributed by atoms with E-state index in [1.165, 1.54) is 30.7 Å². The number of nitrogens with one attached hydrogen (secondary N) is 1. The van der Waals surface area contributed by atoms with Gasteiger partial charge in [-0.1, -0.05) is 24.1 Å². The van der Waals surface area contributed by atoms with E-state index in [0.29, 0.717) is 10.7 Å². The minimum atomic E-state index is -3.97. The smallest absolute Gasteiger partial charge is 0.264 e. The molecule has 0 aromatic heterocycles. The summed E-state index contributed by atoms with van der Waals surface area (Å²) in [6, 6.07) is 11.2. The number of hydrogen-bond acceptors (Lipinski definition) is 4. The number of carbonyl (C=O) groups excluding carboxylic acids is 1. The highest BCUT2D eigenvalue weighted by atomic mass is 35.5. The van der Waals surface area contributed by atoms with E-state index in [1.807, 2.05) is 19.9 Å². The lowest BCUT2D eigenvalue weighted by Crippen LogP contribution is -2.40. The van der Waals surface area contributed by atoms with Gasteiger partial charge >= 0.3 is 0 Å². The lowest BCUT2D eigenvalue weighted by atomic mass is 9.99. The molecule has 0 saturated heterocycles. The van der Waals surface area contributed by atoms with Crippen LogP contribution in [0.25, 0.3) is 0 Å². The number of rotatable bonds is 6. The highest BCUT2D eigenvalue weighted by molar-refractivity contribution is 7.92. The number of halogens is 1. The van der Waals surface area contributed by atoms with Gasteiger partial charge < -0.3 is 0 Å². The second kappa shape index (κ2) is 9.62. The van der Waals surface area contributed by atoms with Crippen LogP contribution < -0.4 is 9.73 Å². The van der Waals surface area contributed by atoms with Crippen LogP contribution in [0.3, 0.4) is 0 Å². The first-order valence-electron chi connectivity index (χ1n) is 9.97. The number of aryl methyl sites for hydroxylation is 2. The number of benzene rings is 2. The van der Waals surface area contributed by atoms with Gasteiger partial charge in [-0.25, -0.2) is 13.8 Å². The predicted octanol–water partition coefficient (Wildman–Crippen LogP) is 4.59. The van der Waals surface area contributed by atoms with Gasteiger partial charge in [0.05, 0.1) is 10.6 Å². The lowest BCUT2D eigenvalue weighted by Gasteiger charge is -2.24. The van der Waals surface area contributed by atoms with E-state index in [4.69, 9.17) is 11.6 Å². The van der Waals surface area contributed by atoms with Crippen molar-refractivity contribution in [2.45, 2.75) is 50.8 Å². The molecule has 0 unspecified atom stereocenters. The molecule has 0 heterocycles. The highest BCUT2D eigenvalue weighted by Gasteiger charge is 2.27. The first kappa shape index (κ1) is 22.3. The summed E-state index contributed by atoms with van der Waals surface area (Å²) in [5.41, 5.74) is 5.88. The number of hydrogen-bond donors (Lipinski definition) is 1. The van der Waals surface area contributed by atoms with Crippen LogP contribution in [0, 0.1) is 13.8 Å². The third-order valence-electron chi connectivity index (χ3n) is 5.24. The van der Waals surface area contributed by atoms with Crippen LogP contribution in [0.1, 0.15) is 43.2 Å². The summed E-state index contributed by atoms with van der Waals surface area (Å²) >= 11 is 5.91. The van der Waals surface area contributed by atoms with E-state index in [2.05, 4.69) is 10.5 Å². The standard InChI is InChI=1S/C22H26ClN3O3S/c1-16-8-11-20(14-17(16)2)26(30(28,29)21-12-9-18(23)10-13-21)15-22(27)25-24-19-6-4-3-5-7-19/h8-14H,3-7,15H2,1-2H3,(H,25,27). The Morgan fingerprint density at radius 3 is 2.33 bits per heavy atom. The van der Waals surface area contributed by atoms with E-state index in [-0.39, 0.29) is 11.4 Å². The van der Waals surface area contributed by atoms with E-state index < -0.39 is 15.9 Å². The van der Waals surface area contributed by atoms with Gasteiger partial charge in [-0.05, 0) is 87.1 Å². The molecule has 1 aliphatic carbocycles. The van der Waals surface area contributed by atoms with Crippen molar-refractivity contribution in [2.24, 2.45) is 5.10 Å². The van der Waals surface area contributed by atoms with Crippen molar-refractivity contribution < 1.29 is 13.2 Å². The second-order valence-electron chi connectivity index (χ2n) is 7.51. The van der Waals surface area contributed by atoms with Crippen molar-refractivity contribution in [3.8, 4) is 0 Å². The van der Waals surface area contributed by atoms with Crippen molar-refractivity contribution in [1.29, 1.82) is 0 Å².